The van der Waals surface area contributed by atoms with Crippen molar-refractivity contribution >= 4 is 44.3 Å². The van der Waals surface area contributed by atoms with Crippen LogP contribution in [0.25, 0.3) is 32.7 Å². The first-order valence-electron chi connectivity index (χ1n) is 9.26. The SMILES string of the molecule is Cn1nc(CC(=O)Nc2ccc3oc4ccccc4c3c2)c2ccccc2c1=O. The second-order valence-corrected chi connectivity index (χ2v) is 6.96. The number of carbonyl (C=O) groups excluding carboxylic acids is 1. The van der Waals surface area contributed by atoms with Crippen LogP contribution in [0.5, 0.6) is 0 Å². The van der Waals surface area contributed by atoms with Gasteiger partial charge in [-0.1, -0.05) is 36.4 Å². The summed E-state index contributed by atoms with van der Waals surface area (Å²) in [5.74, 6) is -0.201. The van der Waals surface area contributed by atoms with Crippen LogP contribution in [0.4, 0.5) is 5.69 Å². The molecule has 0 unspecified atom stereocenters. The lowest BCUT2D eigenvalue weighted by Gasteiger charge is -2.09. The summed E-state index contributed by atoms with van der Waals surface area (Å²) in [6.45, 7) is 0. The lowest BCUT2D eigenvalue weighted by Crippen LogP contribution is -2.24. The molecule has 1 amide bonds. The summed E-state index contributed by atoms with van der Waals surface area (Å²) in [4.78, 5) is 25.0. The van der Waals surface area contributed by atoms with Crippen molar-refractivity contribution in [2.24, 2.45) is 7.05 Å². The standard InChI is InChI=1S/C23H17N3O3/c1-26-23(28)17-8-3-2-6-15(17)19(25-26)13-22(27)24-14-10-11-21-18(12-14)16-7-4-5-9-20(16)29-21/h2-12H,13H2,1H3,(H,24,27). The van der Waals surface area contributed by atoms with Crippen LogP contribution in [0.3, 0.4) is 0 Å². The summed E-state index contributed by atoms with van der Waals surface area (Å²) in [5.41, 5.74) is 2.65. The maximum absolute atomic E-state index is 12.7. The molecule has 3 aromatic carbocycles. The highest BCUT2D eigenvalue weighted by atomic mass is 16.3. The first-order chi connectivity index (χ1) is 14.1. The first-order valence-corrected chi connectivity index (χ1v) is 9.26. The Morgan fingerprint density at radius 3 is 2.45 bits per heavy atom. The van der Waals surface area contributed by atoms with E-state index >= 15 is 0 Å². The van der Waals surface area contributed by atoms with Gasteiger partial charge in [-0.2, -0.15) is 5.10 Å². The molecular weight excluding hydrogens is 366 g/mol. The van der Waals surface area contributed by atoms with Crippen molar-refractivity contribution in [3.05, 3.63) is 82.8 Å². The molecule has 0 saturated carbocycles. The van der Waals surface area contributed by atoms with Crippen molar-refractivity contribution in [2.45, 2.75) is 6.42 Å². The Morgan fingerprint density at radius 2 is 1.62 bits per heavy atom. The van der Waals surface area contributed by atoms with Gasteiger partial charge >= 0.3 is 0 Å². The summed E-state index contributed by atoms with van der Waals surface area (Å²) in [5, 5.41) is 10.4. The number of anilines is 1. The molecule has 0 aliphatic rings. The van der Waals surface area contributed by atoms with E-state index in [-0.39, 0.29) is 17.9 Å². The number of aryl methyl sites for hydroxylation is 1. The largest absolute Gasteiger partial charge is 0.456 e. The number of hydrogen-bond acceptors (Lipinski definition) is 4. The van der Waals surface area contributed by atoms with Gasteiger partial charge in [0, 0.05) is 28.9 Å². The van der Waals surface area contributed by atoms with Crippen molar-refractivity contribution in [1.29, 1.82) is 0 Å². The van der Waals surface area contributed by atoms with Crippen molar-refractivity contribution < 1.29 is 9.21 Å². The minimum atomic E-state index is -0.201. The summed E-state index contributed by atoms with van der Waals surface area (Å²) in [7, 11) is 1.59. The monoisotopic (exact) mass is 383 g/mol. The van der Waals surface area contributed by atoms with Crippen molar-refractivity contribution in [3.63, 3.8) is 0 Å². The second-order valence-electron chi connectivity index (χ2n) is 6.96. The highest BCUT2D eigenvalue weighted by molar-refractivity contribution is 6.07. The molecule has 6 heteroatoms. The van der Waals surface area contributed by atoms with Crippen molar-refractivity contribution in [1.82, 2.24) is 9.78 Å². The number of furan rings is 1. The Morgan fingerprint density at radius 1 is 0.931 bits per heavy atom. The molecule has 0 spiro atoms. The summed E-state index contributed by atoms with van der Waals surface area (Å²) >= 11 is 0. The number of amides is 1. The van der Waals surface area contributed by atoms with E-state index in [9.17, 15) is 9.59 Å². The van der Waals surface area contributed by atoms with E-state index in [0.717, 1.165) is 21.9 Å². The minimum absolute atomic E-state index is 0.0683. The van der Waals surface area contributed by atoms with Crippen LogP contribution in [0, 0.1) is 0 Å². The molecule has 0 saturated heterocycles. The quantitative estimate of drug-likeness (QED) is 0.511. The van der Waals surface area contributed by atoms with Crippen LogP contribution in [0.15, 0.2) is 75.9 Å². The summed E-state index contributed by atoms with van der Waals surface area (Å²) in [6, 6.07) is 20.6. The van der Waals surface area contributed by atoms with Gasteiger partial charge < -0.3 is 9.73 Å². The van der Waals surface area contributed by atoms with Gasteiger partial charge in [0.05, 0.1) is 17.5 Å². The Labute approximate surface area is 165 Å². The number of carbonyl (C=O) groups is 1. The van der Waals surface area contributed by atoms with E-state index in [1.165, 1.54) is 4.68 Å². The van der Waals surface area contributed by atoms with E-state index in [1.807, 2.05) is 54.6 Å². The van der Waals surface area contributed by atoms with Gasteiger partial charge in [0.15, 0.2) is 0 Å². The van der Waals surface area contributed by atoms with Crippen LogP contribution in [0.1, 0.15) is 5.69 Å². The molecule has 6 nitrogen and oxygen atoms in total. The molecule has 0 aliphatic heterocycles. The molecule has 2 aromatic heterocycles. The van der Waals surface area contributed by atoms with Gasteiger partial charge in [0.1, 0.15) is 11.2 Å². The molecule has 5 rings (SSSR count). The van der Waals surface area contributed by atoms with Gasteiger partial charge in [-0.05, 0) is 30.3 Å². The first kappa shape index (κ1) is 17.2. The zero-order valence-corrected chi connectivity index (χ0v) is 15.7. The normalized spacial score (nSPS) is 11.3. The minimum Gasteiger partial charge on any atom is -0.456 e. The predicted molar refractivity (Wildman–Crippen MR) is 113 cm³/mol. The van der Waals surface area contributed by atoms with E-state index in [4.69, 9.17) is 4.42 Å². The van der Waals surface area contributed by atoms with Gasteiger partial charge in [-0.3, -0.25) is 9.59 Å². The fraction of sp³-hybridized carbons (Fsp3) is 0.0870. The smallest absolute Gasteiger partial charge is 0.274 e. The average molecular weight is 383 g/mol. The number of hydrogen-bond donors (Lipinski definition) is 1. The third-order valence-electron chi connectivity index (χ3n) is 5.02. The van der Waals surface area contributed by atoms with E-state index < -0.39 is 0 Å². The van der Waals surface area contributed by atoms with Gasteiger partial charge in [-0.15, -0.1) is 0 Å². The van der Waals surface area contributed by atoms with Crippen LogP contribution in [-0.4, -0.2) is 15.7 Å². The van der Waals surface area contributed by atoms with Gasteiger partial charge in [0.25, 0.3) is 5.56 Å². The van der Waals surface area contributed by atoms with E-state index in [1.54, 1.807) is 19.2 Å². The number of nitrogens with zero attached hydrogens (tertiary/aromatic N) is 2. The molecule has 2 heterocycles. The zero-order valence-electron chi connectivity index (χ0n) is 15.7. The van der Waals surface area contributed by atoms with E-state index in [2.05, 4.69) is 10.4 Å². The Bertz CT molecular complexity index is 1460. The van der Waals surface area contributed by atoms with Gasteiger partial charge in [0.2, 0.25) is 5.91 Å². The lowest BCUT2D eigenvalue weighted by molar-refractivity contribution is -0.115. The Balaban J connectivity index is 1.47. The molecule has 5 aromatic rings. The average Bonchev–Trinajstić information content (AvgIpc) is 3.10. The number of fused-ring (bicyclic) bond motifs is 4. The Hall–Kier alpha value is -3.93. The summed E-state index contributed by atoms with van der Waals surface area (Å²) < 4.78 is 7.10. The molecule has 0 aliphatic carbocycles. The van der Waals surface area contributed by atoms with Crippen LogP contribution in [0.2, 0.25) is 0 Å². The summed E-state index contributed by atoms with van der Waals surface area (Å²) in [6.07, 6.45) is 0.0683. The number of aromatic nitrogens is 2. The van der Waals surface area contributed by atoms with E-state index in [0.29, 0.717) is 22.2 Å². The van der Waals surface area contributed by atoms with Crippen LogP contribution in [-0.2, 0) is 18.3 Å². The van der Waals surface area contributed by atoms with Crippen molar-refractivity contribution in [3.8, 4) is 0 Å². The highest BCUT2D eigenvalue weighted by Crippen LogP contribution is 2.30. The number of benzene rings is 3. The molecule has 29 heavy (non-hydrogen) atoms. The molecule has 1 N–H and O–H groups in total. The van der Waals surface area contributed by atoms with Gasteiger partial charge in [-0.25, -0.2) is 4.68 Å². The number of nitrogens with one attached hydrogen (secondary N) is 1. The molecule has 0 radical (unpaired) electrons. The molecule has 0 bridgehead atoms. The zero-order chi connectivity index (χ0) is 20.0. The number of para-hydroxylation sites is 1. The molecular formula is C23H17N3O3. The Kier molecular flexibility index (Phi) is 3.91. The maximum Gasteiger partial charge on any atom is 0.274 e. The van der Waals surface area contributed by atoms with Crippen LogP contribution < -0.4 is 10.9 Å². The molecule has 0 atom stereocenters. The maximum atomic E-state index is 12.7. The fourth-order valence-electron chi connectivity index (χ4n) is 3.67. The second kappa shape index (κ2) is 6.60. The van der Waals surface area contributed by atoms with Crippen LogP contribution >= 0.6 is 0 Å². The third-order valence-corrected chi connectivity index (χ3v) is 5.02. The predicted octanol–water partition coefficient (Wildman–Crippen LogP) is 4.01. The highest BCUT2D eigenvalue weighted by Gasteiger charge is 2.13. The lowest BCUT2D eigenvalue weighted by atomic mass is 10.1. The third kappa shape index (κ3) is 2.95. The number of rotatable bonds is 3. The van der Waals surface area contributed by atoms with Crippen molar-refractivity contribution in [2.75, 3.05) is 5.32 Å². The fourth-order valence-corrected chi connectivity index (χ4v) is 3.67. The topological polar surface area (TPSA) is 77.1 Å². The molecule has 142 valence electrons. The molecule has 0 fully saturated rings.